The number of amides is 1. The normalized spacial score (nSPS) is 11.9. The van der Waals surface area contributed by atoms with Crippen molar-refractivity contribution in [2.75, 3.05) is 19.6 Å². The number of halogens is 1. The summed E-state index contributed by atoms with van der Waals surface area (Å²) in [6.45, 7) is 11.4. The van der Waals surface area contributed by atoms with Gasteiger partial charge in [0.15, 0.2) is 11.5 Å². The van der Waals surface area contributed by atoms with Crippen molar-refractivity contribution in [3.8, 4) is 0 Å². The van der Waals surface area contributed by atoms with Crippen molar-refractivity contribution in [3.63, 3.8) is 0 Å². The fourth-order valence-electron chi connectivity index (χ4n) is 3.10. The molecule has 0 bridgehead atoms. The second-order valence-electron chi connectivity index (χ2n) is 6.74. The molecule has 0 saturated heterocycles. The third-order valence-corrected chi connectivity index (χ3v) is 4.98. The Morgan fingerprint density at radius 3 is 2.68 bits per heavy atom. The zero-order valence-corrected chi connectivity index (χ0v) is 18.0. The van der Waals surface area contributed by atoms with E-state index in [0.29, 0.717) is 24.5 Å². The van der Waals surface area contributed by atoms with Gasteiger partial charge in [-0.1, -0.05) is 49.7 Å². The van der Waals surface area contributed by atoms with Gasteiger partial charge in [-0.25, -0.2) is 0 Å². The first kappa shape index (κ1) is 22.2. The smallest absolute Gasteiger partial charge is 0.273 e. The molecule has 0 radical (unpaired) electrons. The van der Waals surface area contributed by atoms with E-state index in [4.69, 9.17) is 16.1 Å². The van der Waals surface area contributed by atoms with Crippen LogP contribution in [0.25, 0.3) is 5.57 Å². The lowest BCUT2D eigenvalue weighted by atomic mass is 9.97. The van der Waals surface area contributed by atoms with Crippen molar-refractivity contribution in [1.82, 2.24) is 15.4 Å². The molecule has 1 heterocycles. The van der Waals surface area contributed by atoms with Crippen LogP contribution < -0.4 is 5.32 Å². The van der Waals surface area contributed by atoms with E-state index in [-0.39, 0.29) is 5.91 Å². The minimum atomic E-state index is -0.215. The Kier molecular flexibility index (Phi) is 8.74. The Morgan fingerprint density at radius 2 is 2.00 bits per heavy atom. The van der Waals surface area contributed by atoms with E-state index in [1.807, 2.05) is 18.2 Å². The summed E-state index contributed by atoms with van der Waals surface area (Å²) in [6, 6.07) is 7.62. The minimum absolute atomic E-state index is 0.215. The first-order chi connectivity index (χ1) is 13.5. The average molecular weight is 404 g/mol. The molecule has 0 saturated carbocycles. The average Bonchev–Trinajstić information content (AvgIpc) is 3.16. The summed E-state index contributed by atoms with van der Waals surface area (Å²) >= 11 is 6.17. The Labute approximate surface area is 172 Å². The van der Waals surface area contributed by atoms with Gasteiger partial charge in [-0.2, -0.15) is 0 Å². The fraction of sp³-hybridized carbons (Fsp3) is 0.455. The van der Waals surface area contributed by atoms with Gasteiger partial charge in [0.2, 0.25) is 0 Å². The maximum Gasteiger partial charge on any atom is 0.273 e. The van der Waals surface area contributed by atoms with E-state index in [0.717, 1.165) is 36.5 Å². The van der Waals surface area contributed by atoms with Gasteiger partial charge >= 0.3 is 0 Å². The van der Waals surface area contributed by atoms with Crippen LogP contribution in [-0.2, 0) is 6.54 Å². The molecule has 2 rings (SSSR count). The number of rotatable bonds is 10. The molecule has 1 aromatic heterocycles. The first-order valence-electron chi connectivity index (χ1n) is 9.90. The highest BCUT2D eigenvalue weighted by Crippen LogP contribution is 2.25. The highest BCUT2D eigenvalue weighted by molar-refractivity contribution is 6.30. The molecule has 152 valence electrons. The third kappa shape index (κ3) is 6.21. The molecule has 1 aromatic carbocycles. The summed E-state index contributed by atoms with van der Waals surface area (Å²) in [5, 5.41) is 7.56. The Balaban J connectivity index is 1.95. The number of carbonyl (C=O) groups is 1. The van der Waals surface area contributed by atoms with Crippen LogP contribution >= 0.6 is 11.6 Å². The molecule has 5 nitrogen and oxygen atoms in total. The summed E-state index contributed by atoms with van der Waals surface area (Å²) in [4.78, 5) is 14.6. The van der Waals surface area contributed by atoms with Crippen LogP contribution in [0.15, 0.2) is 34.9 Å². The molecule has 0 spiro atoms. The Hall–Kier alpha value is -2.11. The van der Waals surface area contributed by atoms with Crippen LogP contribution in [0.4, 0.5) is 0 Å². The number of aromatic nitrogens is 1. The zero-order chi connectivity index (χ0) is 20.5. The highest BCUT2D eigenvalue weighted by Gasteiger charge is 2.14. The minimum Gasteiger partial charge on any atom is -0.359 e. The van der Waals surface area contributed by atoms with E-state index in [1.54, 1.807) is 6.07 Å². The molecule has 0 atom stereocenters. The van der Waals surface area contributed by atoms with Crippen molar-refractivity contribution < 1.29 is 9.32 Å². The molecule has 0 aliphatic carbocycles. The third-order valence-electron chi connectivity index (χ3n) is 4.74. The standard InChI is InChI=1S/C22H30ClN3O2/c1-5-8-17(20-13-18(23)10-9-16(20)4)11-12-24-22(27)21-14-19(28-25-21)15-26(6-2)7-3/h8-10,13-14H,5-7,11-12,15H2,1-4H3,(H,24,27)/b17-8-. The SMILES string of the molecule is CC/C=C(/CCNC(=O)c1cc(CN(CC)CC)on1)c1cc(Cl)ccc1C. The van der Waals surface area contributed by atoms with E-state index in [9.17, 15) is 4.79 Å². The van der Waals surface area contributed by atoms with Crippen LogP contribution in [-0.4, -0.2) is 35.6 Å². The van der Waals surface area contributed by atoms with Crippen LogP contribution in [0.5, 0.6) is 0 Å². The van der Waals surface area contributed by atoms with Crippen molar-refractivity contribution in [1.29, 1.82) is 0 Å². The van der Waals surface area contributed by atoms with E-state index < -0.39 is 0 Å². The molecule has 28 heavy (non-hydrogen) atoms. The molecule has 0 aliphatic heterocycles. The largest absolute Gasteiger partial charge is 0.359 e. The number of benzene rings is 1. The maximum absolute atomic E-state index is 12.4. The fourth-order valence-corrected chi connectivity index (χ4v) is 3.27. The monoisotopic (exact) mass is 403 g/mol. The van der Waals surface area contributed by atoms with Crippen LogP contribution in [0.3, 0.4) is 0 Å². The summed E-state index contributed by atoms with van der Waals surface area (Å²) in [5.74, 6) is 0.489. The van der Waals surface area contributed by atoms with Crippen LogP contribution in [0.1, 0.15) is 61.0 Å². The lowest BCUT2D eigenvalue weighted by Gasteiger charge is -2.15. The number of nitrogens with zero attached hydrogens (tertiary/aromatic N) is 2. The van der Waals surface area contributed by atoms with Gasteiger partial charge in [0.25, 0.3) is 5.91 Å². The molecule has 0 unspecified atom stereocenters. The lowest BCUT2D eigenvalue weighted by Crippen LogP contribution is -2.25. The molecule has 1 N–H and O–H groups in total. The molecule has 2 aromatic rings. The van der Waals surface area contributed by atoms with Crippen molar-refractivity contribution >= 4 is 23.1 Å². The first-order valence-corrected chi connectivity index (χ1v) is 10.3. The molecular formula is C22H30ClN3O2. The van der Waals surface area contributed by atoms with Crippen molar-refractivity contribution in [2.45, 2.75) is 47.1 Å². The van der Waals surface area contributed by atoms with Gasteiger partial charge in [0, 0.05) is 17.6 Å². The topological polar surface area (TPSA) is 58.4 Å². The van der Waals surface area contributed by atoms with Gasteiger partial charge in [-0.3, -0.25) is 9.69 Å². The Bertz CT molecular complexity index is 810. The zero-order valence-electron chi connectivity index (χ0n) is 17.2. The quantitative estimate of drug-likeness (QED) is 0.600. The second-order valence-corrected chi connectivity index (χ2v) is 7.18. The molecule has 0 fully saturated rings. The highest BCUT2D eigenvalue weighted by atomic mass is 35.5. The Morgan fingerprint density at radius 1 is 1.25 bits per heavy atom. The summed E-state index contributed by atoms with van der Waals surface area (Å²) in [6.07, 6.45) is 3.83. The number of hydrogen-bond acceptors (Lipinski definition) is 4. The lowest BCUT2D eigenvalue weighted by molar-refractivity contribution is 0.0945. The summed E-state index contributed by atoms with van der Waals surface area (Å²) < 4.78 is 5.31. The molecular weight excluding hydrogens is 374 g/mol. The van der Waals surface area contributed by atoms with Gasteiger partial charge in [0.05, 0.1) is 6.54 Å². The molecule has 1 amide bonds. The number of aryl methyl sites for hydroxylation is 1. The van der Waals surface area contributed by atoms with Crippen LogP contribution in [0.2, 0.25) is 5.02 Å². The number of hydrogen-bond donors (Lipinski definition) is 1. The maximum atomic E-state index is 12.4. The summed E-state index contributed by atoms with van der Waals surface area (Å²) in [5.41, 5.74) is 3.81. The summed E-state index contributed by atoms with van der Waals surface area (Å²) in [7, 11) is 0. The van der Waals surface area contributed by atoms with Crippen LogP contribution in [0, 0.1) is 6.92 Å². The van der Waals surface area contributed by atoms with E-state index in [2.05, 4.69) is 49.1 Å². The number of carbonyl (C=O) groups excluding carboxylic acids is 1. The predicted octanol–water partition coefficient (Wildman–Crippen LogP) is 5.09. The van der Waals surface area contributed by atoms with E-state index >= 15 is 0 Å². The van der Waals surface area contributed by atoms with Crippen molar-refractivity contribution in [3.05, 3.63) is 57.9 Å². The van der Waals surface area contributed by atoms with Gasteiger partial charge in [-0.05, 0) is 61.7 Å². The second kappa shape index (κ2) is 11.0. The number of nitrogens with one attached hydrogen (secondary N) is 1. The number of allylic oxidation sites excluding steroid dienone is 1. The van der Waals surface area contributed by atoms with Gasteiger partial charge < -0.3 is 9.84 Å². The van der Waals surface area contributed by atoms with Crippen molar-refractivity contribution in [2.24, 2.45) is 0 Å². The predicted molar refractivity (Wildman–Crippen MR) is 115 cm³/mol. The van der Waals surface area contributed by atoms with Gasteiger partial charge in [0.1, 0.15) is 0 Å². The molecule has 6 heteroatoms. The van der Waals surface area contributed by atoms with Gasteiger partial charge in [-0.15, -0.1) is 0 Å². The molecule has 0 aliphatic rings. The van der Waals surface area contributed by atoms with E-state index in [1.165, 1.54) is 11.1 Å².